The summed E-state index contributed by atoms with van der Waals surface area (Å²) < 4.78 is 12.6. The van der Waals surface area contributed by atoms with E-state index < -0.39 is 0 Å². The van der Waals surface area contributed by atoms with Gasteiger partial charge in [0.2, 0.25) is 0 Å². The smallest absolute Gasteiger partial charge is 0.175 e. The van der Waals surface area contributed by atoms with Crippen LogP contribution in [0.5, 0.6) is 23.0 Å². The van der Waals surface area contributed by atoms with E-state index in [-0.39, 0.29) is 0 Å². The normalized spacial score (nSPS) is 13.3. The molecule has 180 valence electrons. The van der Waals surface area contributed by atoms with Crippen LogP contribution in [0.3, 0.4) is 0 Å². The van der Waals surface area contributed by atoms with E-state index in [0.29, 0.717) is 55.1 Å². The first-order valence-electron chi connectivity index (χ1n) is 12.1. The van der Waals surface area contributed by atoms with Gasteiger partial charge in [-0.1, -0.05) is 59.6 Å². The van der Waals surface area contributed by atoms with Crippen molar-refractivity contribution in [2.45, 2.75) is 0 Å². The van der Waals surface area contributed by atoms with Crippen molar-refractivity contribution in [1.29, 1.82) is 0 Å². The van der Waals surface area contributed by atoms with Gasteiger partial charge in [-0.25, -0.2) is 9.98 Å². The van der Waals surface area contributed by atoms with Gasteiger partial charge in [-0.05, 0) is 24.3 Å². The van der Waals surface area contributed by atoms with E-state index in [1.54, 1.807) is 0 Å². The molecule has 0 amide bonds. The number of para-hydroxylation sites is 2. The van der Waals surface area contributed by atoms with Gasteiger partial charge in [0, 0.05) is 44.7 Å². The zero-order chi connectivity index (χ0) is 25.1. The molecule has 2 aromatic heterocycles. The molecule has 0 fully saturated rings. The molecule has 0 unspecified atom stereocenters. The summed E-state index contributed by atoms with van der Waals surface area (Å²) in [5, 5.41) is 5.78. The largest absolute Gasteiger partial charge is 0.451 e. The van der Waals surface area contributed by atoms with E-state index >= 15 is 0 Å². The second-order valence-electron chi connectivity index (χ2n) is 9.48. The van der Waals surface area contributed by atoms with Crippen molar-refractivity contribution in [3.63, 3.8) is 0 Å². The van der Waals surface area contributed by atoms with Gasteiger partial charge in [0.15, 0.2) is 23.0 Å². The van der Waals surface area contributed by atoms with Crippen molar-refractivity contribution in [1.82, 2.24) is 9.97 Å². The molecule has 2 aliphatic heterocycles. The van der Waals surface area contributed by atoms with Crippen LogP contribution in [0.15, 0.2) is 82.8 Å². The van der Waals surface area contributed by atoms with Gasteiger partial charge >= 0.3 is 0 Å². The van der Waals surface area contributed by atoms with Gasteiger partial charge < -0.3 is 19.4 Å². The van der Waals surface area contributed by atoms with E-state index in [1.165, 1.54) is 0 Å². The molecule has 4 heterocycles. The fourth-order valence-corrected chi connectivity index (χ4v) is 6.05. The fraction of sp³-hybridized carbons (Fsp3) is 0. The van der Waals surface area contributed by atoms with Gasteiger partial charge in [0.25, 0.3) is 0 Å². The first-order valence-corrected chi connectivity index (χ1v) is 12.8. The minimum absolute atomic E-state index is 0.301. The molecule has 0 aliphatic carbocycles. The number of fused-ring (bicyclic) bond motifs is 10. The van der Waals surface area contributed by atoms with Crippen LogP contribution >= 0.6 is 23.2 Å². The van der Waals surface area contributed by atoms with E-state index in [9.17, 15) is 0 Å². The van der Waals surface area contributed by atoms with Crippen molar-refractivity contribution in [3.8, 4) is 23.0 Å². The van der Waals surface area contributed by atoms with Gasteiger partial charge in [-0.15, -0.1) is 0 Å². The highest BCUT2D eigenvalue weighted by molar-refractivity contribution is 6.35. The molecular formula is C30H14Cl2N4O2. The summed E-state index contributed by atoms with van der Waals surface area (Å²) in [5.74, 6) is 1.91. The zero-order valence-electron chi connectivity index (χ0n) is 19.4. The quantitative estimate of drug-likeness (QED) is 0.206. The molecule has 9 rings (SSSR count). The van der Waals surface area contributed by atoms with E-state index in [2.05, 4.69) is 22.1 Å². The Balaban J connectivity index is 1.28. The lowest BCUT2D eigenvalue weighted by atomic mass is 10.1. The summed E-state index contributed by atoms with van der Waals surface area (Å²) in [5.41, 5.74) is 5.33. The summed E-state index contributed by atoms with van der Waals surface area (Å²) in [6.07, 6.45) is 0. The number of nitrogens with zero attached hydrogens (tertiary/aromatic N) is 2. The first-order chi connectivity index (χ1) is 18.6. The molecule has 0 saturated heterocycles. The van der Waals surface area contributed by atoms with Crippen LogP contribution in [0.2, 0.25) is 10.0 Å². The Labute approximate surface area is 223 Å². The number of halogens is 2. The summed E-state index contributed by atoms with van der Waals surface area (Å²) in [6, 6.07) is 24.2. The average molecular weight is 533 g/mol. The van der Waals surface area contributed by atoms with Crippen molar-refractivity contribution in [2.75, 3.05) is 0 Å². The fourth-order valence-electron chi connectivity index (χ4n) is 5.54. The van der Waals surface area contributed by atoms with Crippen molar-refractivity contribution >= 4 is 78.2 Å². The Kier molecular flexibility index (Phi) is 3.82. The molecule has 0 spiro atoms. The first kappa shape index (κ1) is 20.5. The number of hydrogen-bond donors (Lipinski definition) is 2. The third-order valence-electron chi connectivity index (χ3n) is 7.30. The maximum absolute atomic E-state index is 6.89. The number of ether oxygens (including phenoxy) is 2. The molecule has 38 heavy (non-hydrogen) atoms. The molecule has 7 aromatic rings. The SMILES string of the molecule is Clc1c2c(c(Cl)c3c1=Nc1cc4c(cc1O3)[nH]c1ccccc14)=Nc1cc3c(cc1O2)[nH]c1ccccc13. The van der Waals surface area contributed by atoms with Crippen LogP contribution in [0.4, 0.5) is 11.4 Å². The Morgan fingerprint density at radius 1 is 0.526 bits per heavy atom. The third kappa shape index (κ3) is 2.63. The van der Waals surface area contributed by atoms with E-state index in [4.69, 9.17) is 42.7 Å². The van der Waals surface area contributed by atoms with Crippen LogP contribution in [0.25, 0.3) is 43.6 Å². The number of hydrogen-bond acceptors (Lipinski definition) is 4. The van der Waals surface area contributed by atoms with Crippen molar-refractivity contribution in [2.24, 2.45) is 9.98 Å². The topological polar surface area (TPSA) is 74.8 Å². The number of aromatic amines is 2. The minimum Gasteiger partial charge on any atom is -0.451 e. The monoisotopic (exact) mass is 532 g/mol. The maximum atomic E-state index is 6.89. The molecule has 0 radical (unpaired) electrons. The molecule has 5 aromatic carbocycles. The van der Waals surface area contributed by atoms with Gasteiger partial charge in [0.05, 0.1) is 11.0 Å². The standard InChI is InChI=1S/C30H14Cl2N4O2/c31-25-27-29(37-23-11-19-15(9-21(23)35-27)13-5-1-3-7-17(13)33-19)26(32)28-30(25)38-24-12-20-16(10-22(24)36-28)14-6-2-4-8-18(14)34-20/h1-12,33-34H. The highest BCUT2D eigenvalue weighted by atomic mass is 35.5. The Morgan fingerprint density at radius 2 is 0.974 bits per heavy atom. The van der Waals surface area contributed by atoms with Gasteiger partial charge in [0.1, 0.15) is 32.1 Å². The number of nitrogens with one attached hydrogen (secondary N) is 2. The van der Waals surface area contributed by atoms with Crippen LogP contribution in [-0.2, 0) is 0 Å². The summed E-state index contributed by atoms with van der Waals surface area (Å²) in [4.78, 5) is 16.6. The Bertz CT molecular complexity index is 2170. The second kappa shape index (κ2) is 7.07. The molecule has 0 atom stereocenters. The lowest BCUT2D eigenvalue weighted by Gasteiger charge is -2.21. The molecule has 2 aliphatic rings. The maximum Gasteiger partial charge on any atom is 0.175 e. The number of benzene rings is 5. The summed E-state index contributed by atoms with van der Waals surface area (Å²) in [7, 11) is 0. The predicted octanol–water partition coefficient (Wildman–Crippen LogP) is 8.38. The third-order valence-corrected chi connectivity index (χ3v) is 8.01. The second-order valence-corrected chi connectivity index (χ2v) is 10.2. The van der Waals surface area contributed by atoms with Crippen LogP contribution in [0, 0.1) is 0 Å². The highest BCUT2D eigenvalue weighted by Gasteiger charge is 2.28. The van der Waals surface area contributed by atoms with Crippen LogP contribution < -0.4 is 20.2 Å². The van der Waals surface area contributed by atoms with Gasteiger partial charge in [-0.3, -0.25) is 0 Å². The van der Waals surface area contributed by atoms with Crippen molar-refractivity contribution in [3.05, 3.63) is 93.6 Å². The molecular weight excluding hydrogens is 519 g/mol. The van der Waals surface area contributed by atoms with E-state index in [1.807, 2.05) is 60.7 Å². The van der Waals surface area contributed by atoms with Crippen molar-refractivity contribution < 1.29 is 9.47 Å². The summed E-state index contributed by atoms with van der Waals surface area (Å²) >= 11 is 13.8. The zero-order valence-corrected chi connectivity index (χ0v) is 20.9. The van der Waals surface area contributed by atoms with Crippen LogP contribution in [0.1, 0.15) is 0 Å². The molecule has 0 bridgehead atoms. The number of H-pyrrole nitrogens is 2. The lowest BCUT2D eigenvalue weighted by Crippen LogP contribution is -2.22. The Hall–Kier alpha value is -4.52. The van der Waals surface area contributed by atoms with Gasteiger partial charge in [-0.2, -0.15) is 0 Å². The number of aromatic nitrogens is 2. The molecule has 2 N–H and O–H groups in total. The molecule has 6 nitrogen and oxygen atoms in total. The average Bonchev–Trinajstić information content (AvgIpc) is 3.49. The number of rotatable bonds is 0. The molecule has 0 saturated carbocycles. The lowest BCUT2D eigenvalue weighted by molar-refractivity contribution is 0.452. The van der Waals surface area contributed by atoms with E-state index in [0.717, 1.165) is 43.6 Å². The Morgan fingerprint density at radius 3 is 1.45 bits per heavy atom. The summed E-state index contributed by atoms with van der Waals surface area (Å²) in [6.45, 7) is 0. The predicted molar refractivity (Wildman–Crippen MR) is 150 cm³/mol. The molecule has 8 heteroatoms. The highest BCUT2D eigenvalue weighted by Crippen LogP contribution is 2.45. The van der Waals surface area contributed by atoms with Crippen LogP contribution in [-0.4, -0.2) is 9.97 Å². The minimum atomic E-state index is 0.301.